The van der Waals surface area contributed by atoms with E-state index in [1.165, 1.54) is 16.9 Å². The van der Waals surface area contributed by atoms with Crippen molar-refractivity contribution < 1.29 is 4.79 Å². The van der Waals surface area contributed by atoms with Gasteiger partial charge < -0.3 is 16.4 Å². The van der Waals surface area contributed by atoms with Crippen LogP contribution in [0.1, 0.15) is 23.1 Å². The monoisotopic (exact) mass is 381 g/mol. The van der Waals surface area contributed by atoms with Crippen molar-refractivity contribution in [2.75, 3.05) is 17.6 Å². The van der Waals surface area contributed by atoms with Gasteiger partial charge >= 0.3 is 0 Å². The number of carbonyl (C=O) groups excluding carboxylic acids is 1. The molecule has 1 heterocycles. The molecule has 0 unspecified atom stereocenters. The van der Waals surface area contributed by atoms with Gasteiger partial charge in [0.25, 0.3) is 0 Å². The smallest absolute Gasteiger partial charge is 0.250 e. The van der Waals surface area contributed by atoms with Crippen LogP contribution in [-0.2, 0) is 16.8 Å². The van der Waals surface area contributed by atoms with Gasteiger partial charge in [-0.1, -0.05) is 59.4 Å². The van der Waals surface area contributed by atoms with Crippen LogP contribution in [0.2, 0.25) is 0 Å². The number of aromatic nitrogens is 2. The number of nitrogens with zero attached hydrogens (tertiary/aromatic N) is 2. The number of anilines is 2. The zero-order valence-corrected chi connectivity index (χ0v) is 16.2. The van der Waals surface area contributed by atoms with E-state index in [9.17, 15) is 4.79 Å². The van der Waals surface area contributed by atoms with Crippen LogP contribution in [0.4, 0.5) is 10.8 Å². The molecule has 2 aromatic carbocycles. The van der Waals surface area contributed by atoms with Crippen molar-refractivity contribution in [3.8, 4) is 0 Å². The summed E-state index contributed by atoms with van der Waals surface area (Å²) in [6, 6.07) is 17.7. The Balaban J connectivity index is 1.76. The number of benzene rings is 2. The molecule has 1 atom stereocenters. The second-order valence-corrected chi connectivity index (χ2v) is 7.62. The molecule has 1 aromatic heterocycles. The first-order valence-corrected chi connectivity index (χ1v) is 9.55. The zero-order valence-electron chi connectivity index (χ0n) is 15.4. The highest BCUT2D eigenvalue weighted by Crippen LogP contribution is 2.27. The summed E-state index contributed by atoms with van der Waals surface area (Å²) in [6.07, 6.45) is 0.593. The highest BCUT2D eigenvalue weighted by atomic mass is 32.1. The third-order valence-electron chi connectivity index (χ3n) is 4.36. The van der Waals surface area contributed by atoms with Crippen LogP contribution < -0.4 is 16.4 Å². The van der Waals surface area contributed by atoms with Crippen molar-refractivity contribution >= 4 is 28.1 Å². The van der Waals surface area contributed by atoms with Crippen molar-refractivity contribution in [3.05, 3.63) is 70.7 Å². The third kappa shape index (κ3) is 4.62. The van der Waals surface area contributed by atoms with Gasteiger partial charge in [-0.15, -0.1) is 10.2 Å². The Kier molecular flexibility index (Phi) is 5.71. The molecule has 27 heavy (non-hydrogen) atoms. The van der Waals surface area contributed by atoms with E-state index in [2.05, 4.69) is 20.8 Å². The molecular formula is C20H23N5OS. The minimum Gasteiger partial charge on any atom is -0.374 e. The van der Waals surface area contributed by atoms with E-state index in [0.29, 0.717) is 18.1 Å². The van der Waals surface area contributed by atoms with E-state index in [1.807, 2.05) is 68.4 Å². The second kappa shape index (κ2) is 8.18. The summed E-state index contributed by atoms with van der Waals surface area (Å²) in [5, 5.41) is 15.4. The first-order chi connectivity index (χ1) is 13.0. The maximum absolute atomic E-state index is 13.1. The molecule has 0 aliphatic carbocycles. The van der Waals surface area contributed by atoms with Gasteiger partial charge in [0, 0.05) is 18.7 Å². The number of hydrogen-bond donors (Lipinski definition) is 3. The lowest BCUT2D eigenvalue weighted by Crippen LogP contribution is -2.48. The Bertz CT molecular complexity index is 894. The molecule has 3 rings (SSSR count). The summed E-state index contributed by atoms with van der Waals surface area (Å²) in [4.78, 5) is 13.1. The molecule has 0 radical (unpaired) electrons. The molecule has 6 nitrogen and oxygen atoms in total. The fourth-order valence-electron chi connectivity index (χ4n) is 2.78. The van der Waals surface area contributed by atoms with Gasteiger partial charge in [0.2, 0.25) is 11.0 Å². The van der Waals surface area contributed by atoms with Crippen molar-refractivity contribution in [2.45, 2.75) is 25.8 Å². The zero-order chi connectivity index (χ0) is 19.3. The summed E-state index contributed by atoms with van der Waals surface area (Å²) in [7, 11) is 0. The molecular weight excluding hydrogens is 358 g/mol. The van der Waals surface area contributed by atoms with E-state index in [1.54, 1.807) is 0 Å². The Hall–Kier alpha value is -2.93. The van der Waals surface area contributed by atoms with Gasteiger partial charge in [-0.3, -0.25) is 4.79 Å². The molecule has 0 fully saturated rings. The van der Waals surface area contributed by atoms with Gasteiger partial charge in [0.1, 0.15) is 10.5 Å². The minimum absolute atomic E-state index is 0.105. The quantitative estimate of drug-likeness (QED) is 0.585. The molecule has 0 spiro atoms. The van der Waals surface area contributed by atoms with Crippen LogP contribution in [0.5, 0.6) is 0 Å². The van der Waals surface area contributed by atoms with E-state index in [-0.39, 0.29) is 5.91 Å². The standard InChI is InChI=1S/C20H23N5OS/c1-14-8-10-16(11-9-14)23-20(2,15-6-4-3-5-7-15)18(26)22-13-12-17-24-25-19(21)27-17/h3-11,23H,12-13H2,1-2H3,(H2,21,25)(H,22,26)/t20-/m1/s1. The fourth-order valence-corrected chi connectivity index (χ4v) is 3.39. The summed E-state index contributed by atoms with van der Waals surface area (Å²) in [5.74, 6) is -0.105. The highest BCUT2D eigenvalue weighted by Gasteiger charge is 2.34. The van der Waals surface area contributed by atoms with E-state index >= 15 is 0 Å². The molecule has 0 aliphatic rings. The van der Waals surface area contributed by atoms with Crippen LogP contribution in [-0.4, -0.2) is 22.6 Å². The Labute approximate surface area is 162 Å². The average Bonchev–Trinajstić information content (AvgIpc) is 3.09. The Morgan fingerprint density at radius 3 is 2.44 bits per heavy atom. The number of aryl methyl sites for hydroxylation is 1. The van der Waals surface area contributed by atoms with Crippen molar-refractivity contribution in [1.29, 1.82) is 0 Å². The number of nitrogens with two attached hydrogens (primary N) is 1. The van der Waals surface area contributed by atoms with E-state index in [0.717, 1.165) is 16.3 Å². The topological polar surface area (TPSA) is 92.9 Å². The van der Waals surface area contributed by atoms with Crippen LogP contribution in [0, 0.1) is 6.92 Å². The first-order valence-electron chi connectivity index (χ1n) is 8.74. The summed E-state index contributed by atoms with van der Waals surface area (Å²) < 4.78 is 0. The number of hydrogen-bond acceptors (Lipinski definition) is 6. The van der Waals surface area contributed by atoms with Crippen LogP contribution in [0.3, 0.4) is 0 Å². The lowest BCUT2D eigenvalue weighted by molar-refractivity contribution is -0.125. The van der Waals surface area contributed by atoms with Crippen molar-refractivity contribution in [1.82, 2.24) is 15.5 Å². The predicted molar refractivity (Wildman–Crippen MR) is 110 cm³/mol. The Morgan fingerprint density at radius 1 is 1.11 bits per heavy atom. The average molecular weight is 382 g/mol. The van der Waals surface area contributed by atoms with Crippen LogP contribution >= 0.6 is 11.3 Å². The number of amides is 1. The van der Waals surface area contributed by atoms with E-state index < -0.39 is 5.54 Å². The lowest BCUT2D eigenvalue weighted by Gasteiger charge is -2.31. The predicted octanol–water partition coefficient (Wildman–Crippen LogP) is 3.11. The maximum atomic E-state index is 13.1. The maximum Gasteiger partial charge on any atom is 0.250 e. The molecule has 3 aromatic rings. The van der Waals surface area contributed by atoms with Gasteiger partial charge in [-0.25, -0.2) is 0 Å². The largest absolute Gasteiger partial charge is 0.374 e. The third-order valence-corrected chi connectivity index (χ3v) is 5.17. The molecule has 1 amide bonds. The molecule has 0 saturated heterocycles. The number of rotatable bonds is 7. The molecule has 0 aliphatic heterocycles. The van der Waals surface area contributed by atoms with Gasteiger partial charge in [-0.05, 0) is 31.5 Å². The minimum atomic E-state index is -0.906. The number of nitrogens with one attached hydrogen (secondary N) is 2. The van der Waals surface area contributed by atoms with Crippen molar-refractivity contribution in [3.63, 3.8) is 0 Å². The van der Waals surface area contributed by atoms with Gasteiger partial charge in [0.15, 0.2) is 0 Å². The summed E-state index contributed by atoms with van der Waals surface area (Å²) in [6.45, 7) is 4.39. The van der Waals surface area contributed by atoms with Crippen molar-refractivity contribution in [2.24, 2.45) is 0 Å². The van der Waals surface area contributed by atoms with Gasteiger partial charge in [0.05, 0.1) is 0 Å². The second-order valence-electron chi connectivity index (χ2n) is 6.52. The van der Waals surface area contributed by atoms with Gasteiger partial charge in [-0.2, -0.15) is 0 Å². The number of carbonyl (C=O) groups is 1. The molecule has 0 saturated carbocycles. The molecule has 7 heteroatoms. The van der Waals surface area contributed by atoms with E-state index in [4.69, 9.17) is 5.73 Å². The van der Waals surface area contributed by atoms with Crippen LogP contribution in [0.25, 0.3) is 0 Å². The molecule has 4 N–H and O–H groups in total. The normalized spacial score (nSPS) is 13.0. The summed E-state index contributed by atoms with van der Waals surface area (Å²) >= 11 is 1.34. The molecule has 0 bridgehead atoms. The lowest BCUT2D eigenvalue weighted by atomic mass is 9.90. The highest BCUT2D eigenvalue weighted by molar-refractivity contribution is 7.15. The van der Waals surface area contributed by atoms with Crippen LogP contribution in [0.15, 0.2) is 54.6 Å². The molecule has 140 valence electrons. The Morgan fingerprint density at radius 2 is 1.81 bits per heavy atom. The number of nitrogen functional groups attached to an aromatic ring is 1. The summed E-state index contributed by atoms with van der Waals surface area (Å²) in [5.41, 5.74) is 7.64. The fraction of sp³-hybridized carbons (Fsp3) is 0.250. The SMILES string of the molecule is Cc1ccc(N[C@@](C)(C(=O)NCCc2nnc(N)s2)c2ccccc2)cc1. The first kappa shape index (κ1) is 18.8.